The van der Waals surface area contributed by atoms with Gasteiger partial charge in [-0.15, -0.1) is 0 Å². The van der Waals surface area contributed by atoms with Gasteiger partial charge in [-0.05, 0) is 113 Å². The highest BCUT2D eigenvalue weighted by molar-refractivity contribution is 6.01. The molecule has 4 aromatic carbocycles. The topological polar surface area (TPSA) is 158 Å². The number of alkyl carbamates (subject to hydrolysis) is 2. The maximum atomic E-state index is 16.3. The number of fused-ring (bicyclic) bond motifs is 5. The second-order valence-corrected chi connectivity index (χ2v) is 18.7. The minimum Gasteiger partial charge on any atom is -0.453 e. The number of likely N-dealkylation sites (tertiary alicyclic amines) is 2. The van der Waals surface area contributed by atoms with E-state index >= 15 is 17.6 Å². The van der Waals surface area contributed by atoms with Gasteiger partial charge in [0.25, 0.3) is 0 Å². The molecule has 356 valence electrons. The Balaban J connectivity index is 0.953. The van der Waals surface area contributed by atoms with Crippen LogP contribution >= 0.6 is 0 Å². The third kappa shape index (κ3) is 8.02. The van der Waals surface area contributed by atoms with Crippen LogP contribution in [0.3, 0.4) is 0 Å². The maximum absolute atomic E-state index is 16.3. The molecule has 9 rings (SSSR count). The highest BCUT2D eigenvalue weighted by atomic mass is 19.3. The van der Waals surface area contributed by atoms with E-state index in [0.29, 0.717) is 77.2 Å². The smallest absolute Gasteiger partial charge is 0.407 e. The molecule has 1 aromatic heterocycles. The van der Waals surface area contributed by atoms with Crippen LogP contribution in [-0.4, -0.2) is 94.9 Å². The lowest BCUT2D eigenvalue weighted by Gasteiger charge is -2.35. The predicted octanol–water partition coefficient (Wildman–Crippen LogP) is 9.81. The number of benzene rings is 4. The van der Waals surface area contributed by atoms with Crippen molar-refractivity contribution in [3.63, 3.8) is 0 Å². The van der Waals surface area contributed by atoms with Gasteiger partial charge in [-0.3, -0.25) is 14.6 Å². The largest absolute Gasteiger partial charge is 0.453 e. The van der Waals surface area contributed by atoms with Crippen LogP contribution in [0.2, 0.25) is 0 Å². The molecule has 3 N–H and O–H groups in total. The number of nitrogens with zero attached hydrogens (tertiary/aromatic N) is 4. The number of nitrogens with one attached hydrogen (secondary N) is 3. The molecule has 13 nitrogen and oxygen atoms in total. The van der Waals surface area contributed by atoms with Crippen molar-refractivity contribution in [3.05, 3.63) is 95.3 Å². The fourth-order valence-corrected chi connectivity index (χ4v) is 10.2. The number of aliphatic imine (C=N–C) groups is 1. The van der Waals surface area contributed by atoms with E-state index in [4.69, 9.17) is 19.5 Å². The van der Waals surface area contributed by atoms with Gasteiger partial charge < -0.3 is 34.9 Å². The van der Waals surface area contributed by atoms with E-state index in [1.54, 1.807) is 52.3 Å². The molecule has 2 fully saturated rings. The zero-order valence-electron chi connectivity index (χ0n) is 38.6. The molecule has 3 aliphatic heterocycles. The molecule has 4 aliphatic rings. The molecule has 68 heavy (non-hydrogen) atoms. The van der Waals surface area contributed by atoms with Crippen LogP contribution in [0, 0.1) is 11.8 Å². The van der Waals surface area contributed by atoms with Gasteiger partial charge in [-0.1, -0.05) is 64.1 Å². The summed E-state index contributed by atoms with van der Waals surface area (Å²) in [5.74, 6) is -9.47. The number of hydrogen-bond donors (Lipinski definition) is 3. The average molecular weight is 936 g/mol. The number of ether oxygens (including phenoxy) is 2. The fraction of sp³-hybridized carbons (Fsp3) is 0.412. The minimum atomic E-state index is -4.56. The Morgan fingerprint density at radius 1 is 0.676 bits per heavy atom. The van der Waals surface area contributed by atoms with E-state index in [9.17, 15) is 19.2 Å². The number of aromatic amines is 1. The first-order chi connectivity index (χ1) is 32.4. The van der Waals surface area contributed by atoms with Gasteiger partial charge >= 0.3 is 24.0 Å². The molecule has 0 radical (unpaired) electrons. The van der Waals surface area contributed by atoms with Crippen LogP contribution in [0.15, 0.2) is 77.8 Å². The van der Waals surface area contributed by atoms with Crippen LogP contribution in [0.5, 0.6) is 0 Å². The summed E-state index contributed by atoms with van der Waals surface area (Å²) in [5.41, 5.74) is 3.61. The quantitative estimate of drug-likeness (QED) is 0.118. The van der Waals surface area contributed by atoms with Crippen molar-refractivity contribution in [1.29, 1.82) is 0 Å². The molecular weight excluding hydrogens is 883 g/mol. The predicted molar refractivity (Wildman–Crippen MR) is 248 cm³/mol. The van der Waals surface area contributed by atoms with E-state index < -0.39 is 53.3 Å². The summed E-state index contributed by atoms with van der Waals surface area (Å²) in [6.07, 6.45) is 1.81. The number of rotatable bonds is 10. The summed E-state index contributed by atoms with van der Waals surface area (Å²) in [5, 5.41) is 5.29. The van der Waals surface area contributed by atoms with Gasteiger partial charge in [-0.2, -0.15) is 17.6 Å². The molecular formula is C51H53F4N7O6. The summed E-state index contributed by atoms with van der Waals surface area (Å²) in [6, 6.07) is 16.7. The number of halogens is 4. The summed E-state index contributed by atoms with van der Waals surface area (Å²) in [4.78, 5) is 67.9. The number of carbonyl (C=O) groups excluding carboxylic acids is 4. The van der Waals surface area contributed by atoms with Crippen LogP contribution in [0.4, 0.5) is 32.8 Å². The van der Waals surface area contributed by atoms with Crippen LogP contribution in [-0.2, 0) is 37.3 Å². The molecule has 5 aromatic rings. The molecule has 4 atom stereocenters. The van der Waals surface area contributed by atoms with Gasteiger partial charge in [-0.25, -0.2) is 14.6 Å². The van der Waals surface area contributed by atoms with Crippen LogP contribution in [0.1, 0.15) is 81.9 Å². The number of aromatic nitrogens is 2. The van der Waals surface area contributed by atoms with Gasteiger partial charge in [0.1, 0.15) is 17.9 Å². The van der Waals surface area contributed by atoms with E-state index in [1.807, 2.05) is 33.8 Å². The molecule has 0 saturated carbocycles. The first-order valence-electron chi connectivity index (χ1n) is 23.0. The number of imidazole rings is 1. The number of hydrogen-bond acceptors (Lipinski definition) is 8. The van der Waals surface area contributed by atoms with Crippen LogP contribution < -0.4 is 10.6 Å². The number of H-pyrrole nitrogens is 1. The zero-order valence-corrected chi connectivity index (χ0v) is 38.6. The molecule has 4 heterocycles. The van der Waals surface area contributed by atoms with Crippen molar-refractivity contribution in [2.75, 3.05) is 27.3 Å². The first-order valence-corrected chi connectivity index (χ1v) is 23.0. The van der Waals surface area contributed by atoms with Gasteiger partial charge in [0, 0.05) is 36.3 Å². The molecule has 0 unspecified atom stereocenters. The lowest BCUT2D eigenvalue weighted by atomic mass is 9.78. The van der Waals surface area contributed by atoms with Crippen molar-refractivity contribution in [1.82, 2.24) is 30.4 Å². The maximum Gasteiger partial charge on any atom is 0.407 e. The van der Waals surface area contributed by atoms with Crippen molar-refractivity contribution in [2.45, 2.75) is 95.8 Å². The minimum absolute atomic E-state index is 0.00710. The van der Waals surface area contributed by atoms with Crippen molar-refractivity contribution >= 4 is 46.4 Å². The monoisotopic (exact) mass is 935 g/mol. The summed E-state index contributed by atoms with van der Waals surface area (Å²) < 4.78 is 74.9. The average Bonchev–Trinajstić information content (AvgIpc) is 4.16. The Morgan fingerprint density at radius 3 is 1.71 bits per heavy atom. The fourth-order valence-electron chi connectivity index (χ4n) is 10.2. The number of methoxy groups -OCH3 is 2. The molecule has 0 spiro atoms. The second kappa shape index (κ2) is 17.7. The van der Waals surface area contributed by atoms with Crippen LogP contribution in [0.25, 0.3) is 44.4 Å². The Hall–Kier alpha value is -6.78. The van der Waals surface area contributed by atoms with Crippen molar-refractivity contribution < 1.29 is 46.2 Å². The lowest BCUT2D eigenvalue weighted by Crippen LogP contribution is -2.53. The SMILES string of the molecule is COC(=O)N[C@H](C(=O)N1CCC[C@H]1C1=Nc2ccc(-c3ccc4c(c3)C(F)(F)C(F)(F)c3cc(-c5ccc6nc([C@@H]7CCCN7C(=O)[C@@H](NC(=O)OC)C(C)C)[nH]c6c5)ccc3-4)cc2C1)C(C)C. The highest BCUT2D eigenvalue weighted by Crippen LogP contribution is 2.59. The van der Waals surface area contributed by atoms with Gasteiger partial charge in [0.15, 0.2) is 0 Å². The second-order valence-electron chi connectivity index (χ2n) is 18.7. The zero-order chi connectivity index (χ0) is 48.4. The number of amides is 4. The Bertz CT molecular complexity index is 2880. The third-order valence-electron chi connectivity index (χ3n) is 13.8. The third-order valence-corrected chi connectivity index (χ3v) is 13.8. The van der Waals surface area contributed by atoms with E-state index in [-0.39, 0.29) is 40.8 Å². The van der Waals surface area contributed by atoms with Crippen molar-refractivity contribution in [2.24, 2.45) is 16.8 Å². The van der Waals surface area contributed by atoms with E-state index in [1.165, 1.54) is 26.4 Å². The number of carbonyl (C=O) groups is 4. The van der Waals surface area contributed by atoms with Gasteiger partial charge in [0.2, 0.25) is 11.8 Å². The van der Waals surface area contributed by atoms with Crippen molar-refractivity contribution in [3.8, 4) is 33.4 Å². The Labute approximate surface area is 390 Å². The Morgan fingerprint density at radius 2 is 1.16 bits per heavy atom. The summed E-state index contributed by atoms with van der Waals surface area (Å²) in [6.45, 7) is 8.32. The molecule has 17 heteroatoms. The standard InChI is InChI=1S/C51H53F4N7O6/c1-26(2)43(59-48(65)67-5)46(63)61-19-7-9-41(61)40-25-32-21-28(13-17-37(32)56-40)29-11-15-33-34-16-12-30(23-36(34)51(54,55)50(52,53)35(33)22-29)31-14-18-38-39(24-31)58-45(57-38)42-10-8-20-62(42)47(64)44(27(3)4)60-49(66)68-6/h11-18,21-24,26-27,41-44H,7-10,19-20,25H2,1-6H3,(H,57,58)(H,59,65)(H,60,66)/t41-,42-,43-,44-/m0/s1. The van der Waals surface area contributed by atoms with Gasteiger partial charge in [0.05, 0.1) is 43.0 Å². The normalized spacial score (nSPS) is 19.9. The Kier molecular flexibility index (Phi) is 12.1. The molecule has 1 aliphatic carbocycles. The molecule has 4 amide bonds. The lowest BCUT2D eigenvalue weighted by molar-refractivity contribution is -0.225. The van der Waals surface area contributed by atoms with E-state index in [0.717, 1.165) is 36.2 Å². The molecule has 2 saturated heterocycles. The molecule has 0 bridgehead atoms. The summed E-state index contributed by atoms with van der Waals surface area (Å²) >= 11 is 0. The highest BCUT2D eigenvalue weighted by Gasteiger charge is 2.63. The number of alkyl halides is 4. The van der Waals surface area contributed by atoms with E-state index in [2.05, 4.69) is 15.6 Å². The first kappa shape index (κ1) is 46.3. The summed E-state index contributed by atoms with van der Waals surface area (Å²) in [7, 11) is 2.48.